The molecule has 19 heavy (non-hydrogen) atoms. The molecule has 2 aromatic carbocycles. The van der Waals surface area contributed by atoms with Gasteiger partial charge in [0.25, 0.3) is 0 Å². The van der Waals surface area contributed by atoms with Crippen LogP contribution in [0.15, 0.2) is 47.1 Å². The quantitative estimate of drug-likeness (QED) is 0.596. The number of aromatic nitrogens is 1. The summed E-state index contributed by atoms with van der Waals surface area (Å²) in [6, 6.07) is 11.9. The molecule has 0 radical (unpaired) electrons. The fourth-order valence-electron chi connectivity index (χ4n) is 2.19. The smallest absolute Gasteiger partial charge is 0.0627 e. The number of halogens is 3. The second-order valence-electron chi connectivity index (χ2n) is 4.39. The van der Waals surface area contributed by atoms with Gasteiger partial charge in [-0.3, -0.25) is 0 Å². The lowest BCUT2D eigenvalue weighted by molar-refractivity contribution is 1.21. The summed E-state index contributed by atoms with van der Waals surface area (Å²) < 4.78 is 1.07. The molecule has 96 valence electrons. The molecule has 0 fully saturated rings. The van der Waals surface area contributed by atoms with Crippen LogP contribution in [0.4, 0.5) is 0 Å². The number of hydrogen-bond acceptors (Lipinski definition) is 0. The highest BCUT2D eigenvalue weighted by Crippen LogP contribution is 2.30. The van der Waals surface area contributed by atoms with Crippen LogP contribution in [0, 0.1) is 0 Å². The average molecular weight is 355 g/mol. The Morgan fingerprint density at radius 1 is 1.05 bits per heavy atom. The minimum Gasteiger partial charge on any atom is -0.361 e. The largest absolute Gasteiger partial charge is 0.361 e. The minimum atomic E-state index is 0.597. The normalized spacial score (nSPS) is 11.1. The van der Waals surface area contributed by atoms with E-state index in [0.717, 1.165) is 22.0 Å². The molecule has 0 saturated carbocycles. The van der Waals surface area contributed by atoms with Crippen molar-refractivity contribution in [2.24, 2.45) is 0 Å². The van der Waals surface area contributed by atoms with E-state index in [1.807, 2.05) is 24.4 Å². The number of rotatable bonds is 2. The van der Waals surface area contributed by atoms with Gasteiger partial charge in [0.1, 0.15) is 0 Å². The lowest BCUT2D eigenvalue weighted by Gasteiger charge is -2.05. The highest BCUT2D eigenvalue weighted by molar-refractivity contribution is 9.10. The molecule has 0 aliphatic carbocycles. The number of fused-ring (bicyclic) bond motifs is 1. The first-order valence-electron chi connectivity index (χ1n) is 5.83. The minimum absolute atomic E-state index is 0.597. The van der Waals surface area contributed by atoms with Crippen molar-refractivity contribution in [3.63, 3.8) is 0 Å². The summed E-state index contributed by atoms with van der Waals surface area (Å²) in [6.07, 6.45) is 2.78. The first kappa shape index (κ1) is 13.0. The summed E-state index contributed by atoms with van der Waals surface area (Å²) in [6.45, 7) is 0. The Morgan fingerprint density at radius 2 is 1.89 bits per heavy atom. The van der Waals surface area contributed by atoms with Crippen molar-refractivity contribution >= 4 is 50.0 Å². The van der Waals surface area contributed by atoms with Gasteiger partial charge in [0, 0.05) is 28.0 Å². The van der Waals surface area contributed by atoms with E-state index < -0.39 is 0 Å². The van der Waals surface area contributed by atoms with Crippen molar-refractivity contribution in [2.75, 3.05) is 0 Å². The molecule has 0 aliphatic heterocycles. The van der Waals surface area contributed by atoms with Crippen molar-refractivity contribution in [1.29, 1.82) is 0 Å². The van der Waals surface area contributed by atoms with Gasteiger partial charge in [-0.25, -0.2) is 0 Å². The predicted molar refractivity (Wildman–Crippen MR) is 85.3 cm³/mol. The first-order valence-corrected chi connectivity index (χ1v) is 7.38. The Labute approximate surface area is 129 Å². The Kier molecular flexibility index (Phi) is 3.57. The van der Waals surface area contributed by atoms with Crippen molar-refractivity contribution < 1.29 is 0 Å². The molecule has 1 aromatic heterocycles. The molecular weight excluding hydrogens is 345 g/mol. The van der Waals surface area contributed by atoms with Gasteiger partial charge in [-0.15, -0.1) is 0 Å². The summed E-state index contributed by atoms with van der Waals surface area (Å²) >= 11 is 15.8. The van der Waals surface area contributed by atoms with Crippen molar-refractivity contribution in [1.82, 2.24) is 4.98 Å². The third-order valence-corrected chi connectivity index (χ3v) is 4.49. The lowest BCUT2D eigenvalue weighted by Crippen LogP contribution is -1.88. The van der Waals surface area contributed by atoms with Crippen LogP contribution in [0.5, 0.6) is 0 Å². The fraction of sp³-hybridized carbons (Fsp3) is 0.0667. The summed E-state index contributed by atoms with van der Waals surface area (Å²) in [5.41, 5.74) is 3.37. The van der Waals surface area contributed by atoms with E-state index >= 15 is 0 Å². The molecule has 0 unspecified atom stereocenters. The van der Waals surface area contributed by atoms with E-state index in [1.165, 1.54) is 10.9 Å². The van der Waals surface area contributed by atoms with Gasteiger partial charge in [-0.2, -0.15) is 0 Å². The SMILES string of the molecule is Clc1cccc(Cc2c[nH]c3ccc(Br)cc23)c1Cl. The number of nitrogens with one attached hydrogen (secondary N) is 1. The molecule has 0 bridgehead atoms. The van der Waals surface area contributed by atoms with Crippen LogP contribution in [-0.4, -0.2) is 4.98 Å². The van der Waals surface area contributed by atoms with Crippen LogP contribution in [0.2, 0.25) is 10.0 Å². The molecule has 1 heterocycles. The summed E-state index contributed by atoms with van der Waals surface area (Å²) in [4.78, 5) is 3.27. The first-order chi connectivity index (χ1) is 9.15. The van der Waals surface area contributed by atoms with E-state index in [1.54, 1.807) is 6.07 Å². The van der Waals surface area contributed by atoms with Crippen molar-refractivity contribution in [3.05, 3.63) is 68.2 Å². The zero-order chi connectivity index (χ0) is 13.4. The van der Waals surface area contributed by atoms with Crippen LogP contribution in [0.1, 0.15) is 11.1 Å². The topological polar surface area (TPSA) is 15.8 Å². The molecule has 1 N–H and O–H groups in total. The lowest BCUT2D eigenvalue weighted by atomic mass is 10.0. The van der Waals surface area contributed by atoms with Gasteiger partial charge in [-0.1, -0.05) is 51.3 Å². The maximum Gasteiger partial charge on any atom is 0.0627 e. The average Bonchev–Trinajstić information content (AvgIpc) is 2.78. The van der Waals surface area contributed by atoms with Gasteiger partial charge in [0.15, 0.2) is 0 Å². The van der Waals surface area contributed by atoms with E-state index in [9.17, 15) is 0 Å². The van der Waals surface area contributed by atoms with Gasteiger partial charge in [0.05, 0.1) is 10.0 Å². The van der Waals surface area contributed by atoms with Crippen LogP contribution in [0.3, 0.4) is 0 Å². The van der Waals surface area contributed by atoms with E-state index in [2.05, 4.69) is 33.0 Å². The number of benzene rings is 2. The van der Waals surface area contributed by atoms with Crippen molar-refractivity contribution in [2.45, 2.75) is 6.42 Å². The van der Waals surface area contributed by atoms with Crippen LogP contribution < -0.4 is 0 Å². The summed E-state index contributed by atoms with van der Waals surface area (Å²) in [7, 11) is 0. The maximum atomic E-state index is 6.24. The standard InChI is InChI=1S/C15H10BrCl2N/c16-11-4-5-14-12(7-11)10(8-19-14)6-9-2-1-3-13(17)15(9)18/h1-5,7-8,19H,6H2. The molecule has 0 amide bonds. The molecule has 4 heteroatoms. The number of aromatic amines is 1. The number of H-pyrrole nitrogens is 1. The van der Waals surface area contributed by atoms with Crippen LogP contribution in [-0.2, 0) is 6.42 Å². The van der Waals surface area contributed by atoms with Crippen LogP contribution in [0.25, 0.3) is 10.9 Å². The fourth-order valence-corrected chi connectivity index (χ4v) is 2.94. The Hall–Kier alpha value is -0.960. The third kappa shape index (κ3) is 2.53. The molecule has 0 spiro atoms. The number of hydrogen-bond donors (Lipinski definition) is 1. The van der Waals surface area contributed by atoms with Crippen molar-refractivity contribution in [3.8, 4) is 0 Å². The van der Waals surface area contributed by atoms with Gasteiger partial charge < -0.3 is 4.98 Å². The highest BCUT2D eigenvalue weighted by atomic mass is 79.9. The third-order valence-electron chi connectivity index (χ3n) is 3.14. The molecule has 3 aromatic rings. The molecule has 0 aliphatic rings. The summed E-state index contributed by atoms with van der Waals surface area (Å²) in [5.74, 6) is 0. The second kappa shape index (κ2) is 5.20. The maximum absolute atomic E-state index is 6.24. The Bertz CT molecular complexity index is 749. The zero-order valence-electron chi connectivity index (χ0n) is 9.88. The molecule has 3 rings (SSSR count). The Morgan fingerprint density at radius 3 is 2.74 bits per heavy atom. The van der Waals surface area contributed by atoms with E-state index in [4.69, 9.17) is 23.2 Å². The Balaban J connectivity index is 2.06. The summed E-state index contributed by atoms with van der Waals surface area (Å²) in [5, 5.41) is 2.43. The van der Waals surface area contributed by atoms with Gasteiger partial charge in [-0.05, 0) is 35.4 Å². The zero-order valence-corrected chi connectivity index (χ0v) is 13.0. The van der Waals surface area contributed by atoms with Gasteiger partial charge >= 0.3 is 0 Å². The van der Waals surface area contributed by atoms with E-state index in [0.29, 0.717) is 10.0 Å². The molecule has 0 atom stereocenters. The molecule has 1 nitrogen and oxygen atoms in total. The molecular formula is C15H10BrCl2N. The van der Waals surface area contributed by atoms with Gasteiger partial charge in [0.2, 0.25) is 0 Å². The second-order valence-corrected chi connectivity index (χ2v) is 6.09. The van der Waals surface area contributed by atoms with Crippen LogP contribution >= 0.6 is 39.1 Å². The predicted octanol–water partition coefficient (Wildman–Crippen LogP) is 5.83. The van der Waals surface area contributed by atoms with E-state index in [-0.39, 0.29) is 0 Å². The molecule has 0 saturated heterocycles. The highest BCUT2D eigenvalue weighted by Gasteiger charge is 2.09. The monoisotopic (exact) mass is 353 g/mol.